The van der Waals surface area contributed by atoms with Gasteiger partial charge in [-0.25, -0.2) is 4.79 Å². The highest BCUT2D eigenvalue weighted by Gasteiger charge is 2.72. The third-order valence-electron chi connectivity index (χ3n) is 2.15. The number of ether oxygens (including phenoxy) is 2. The van der Waals surface area contributed by atoms with Gasteiger partial charge in [0, 0.05) is 0 Å². The van der Waals surface area contributed by atoms with Crippen molar-refractivity contribution in [2.45, 2.75) is 22.3 Å². The van der Waals surface area contributed by atoms with E-state index in [1.807, 2.05) is 0 Å². The zero-order chi connectivity index (χ0) is 9.85. The zero-order valence-electron chi connectivity index (χ0n) is 6.24. The molecular formula is C6H6Cl2O5. The molecule has 2 aliphatic heterocycles. The van der Waals surface area contributed by atoms with Crippen LogP contribution in [0.25, 0.3) is 0 Å². The highest BCUT2D eigenvalue weighted by Crippen LogP contribution is 2.49. The number of rotatable bonds is 0. The minimum atomic E-state index is -2.17. The zero-order valence-corrected chi connectivity index (χ0v) is 7.75. The lowest BCUT2D eigenvalue weighted by Gasteiger charge is -2.25. The first-order valence-corrected chi connectivity index (χ1v) is 4.28. The van der Waals surface area contributed by atoms with Gasteiger partial charge in [0.05, 0.1) is 6.61 Å². The van der Waals surface area contributed by atoms with E-state index in [2.05, 4.69) is 4.74 Å². The molecule has 2 rings (SSSR count). The van der Waals surface area contributed by atoms with Crippen molar-refractivity contribution >= 4 is 29.2 Å². The molecule has 2 heterocycles. The molecule has 74 valence electrons. The van der Waals surface area contributed by atoms with Crippen LogP contribution in [0.15, 0.2) is 0 Å². The predicted molar refractivity (Wildman–Crippen MR) is 41.2 cm³/mol. The summed E-state index contributed by atoms with van der Waals surface area (Å²) in [6, 6.07) is 0. The summed E-state index contributed by atoms with van der Waals surface area (Å²) in [6.07, 6.45) is -2.32. The third kappa shape index (κ3) is 0.964. The maximum Gasteiger partial charge on any atom is 0.349 e. The van der Waals surface area contributed by atoms with E-state index in [1.165, 1.54) is 0 Å². The molecule has 0 saturated carbocycles. The second kappa shape index (κ2) is 2.49. The van der Waals surface area contributed by atoms with Crippen molar-refractivity contribution in [3.63, 3.8) is 0 Å². The lowest BCUT2D eigenvalue weighted by molar-refractivity contribution is -0.189. The molecule has 2 N–H and O–H groups in total. The monoisotopic (exact) mass is 228 g/mol. The summed E-state index contributed by atoms with van der Waals surface area (Å²) in [7, 11) is 0. The first-order chi connectivity index (χ1) is 5.89. The van der Waals surface area contributed by atoms with Gasteiger partial charge in [-0.1, -0.05) is 23.2 Å². The minimum Gasteiger partial charge on any atom is -0.451 e. The summed E-state index contributed by atoms with van der Waals surface area (Å²) in [5.74, 6) is -3.16. The summed E-state index contributed by atoms with van der Waals surface area (Å²) < 4.78 is 7.17. The fraction of sp³-hybridized carbons (Fsp3) is 0.833. The highest BCUT2D eigenvalue weighted by molar-refractivity contribution is 6.58. The summed E-state index contributed by atoms with van der Waals surface area (Å²) >= 11 is 11.1. The normalized spacial score (nSPS) is 47.5. The first kappa shape index (κ1) is 9.48. The van der Waals surface area contributed by atoms with Crippen LogP contribution in [0.3, 0.4) is 0 Å². The standard InChI is InChI=1S/C6H6Cl2O5/c7-5(8)4(10)13-3-2(9)1-12-6(3,5)11/h2-3,9,11H,1H2/t2-,3+,6-/m0/s1. The van der Waals surface area contributed by atoms with Crippen LogP contribution in [0, 0.1) is 0 Å². The molecule has 5 nitrogen and oxygen atoms in total. The molecule has 2 aliphatic rings. The average Bonchev–Trinajstić information content (AvgIpc) is 2.40. The van der Waals surface area contributed by atoms with Crippen LogP contribution in [0.4, 0.5) is 0 Å². The van der Waals surface area contributed by atoms with Crippen molar-refractivity contribution in [1.29, 1.82) is 0 Å². The van der Waals surface area contributed by atoms with Crippen LogP contribution in [0.2, 0.25) is 0 Å². The third-order valence-corrected chi connectivity index (χ3v) is 3.00. The van der Waals surface area contributed by atoms with E-state index in [0.717, 1.165) is 0 Å². The molecule has 0 bridgehead atoms. The lowest BCUT2D eigenvalue weighted by atomic mass is 10.1. The second-order valence-corrected chi connectivity index (χ2v) is 4.30. The van der Waals surface area contributed by atoms with E-state index in [1.54, 1.807) is 0 Å². The number of aliphatic hydroxyl groups excluding tert-OH is 1. The number of esters is 1. The smallest absolute Gasteiger partial charge is 0.349 e. The summed E-state index contributed by atoms with van der Waals surface area (Å²) in [6.45, 7) is -0.171. The molecule has 0 aliphatic carbocycles. The van der Waals surface area contributed by atoms with Gasteiger partial charge in [0.25, 0.3) is 10.1 Å². The topological polar surface area (TPSA) is 76.0 Å². The van der Waals surface area contributed by atoms with Crippen LogP contribution >= 0.6 is 23.2 Å². The van der Waals surface area contributed by atoms with Gasteiger partial charge in [0.15, 0.2) is 6.10 Å². The Labute approximate surface area is 83.1 Å². The molecule has 2 fully saturated rings. The number of hydrogen-bond donors (Lipinski definition) is 2. The fourth-order valence-corrected chi connectivity index (χ4v) is 1.82. The quantitative estimate of drug-likeness (QED) is 0.418. The SMILES string of the molecule is O=C1O[C@@H]2[C@@H](O)CO[C@]2(O)C1(Cl)Cl. The van der Waals surface area contributed by atoms with Gasteiger partial charge in [-0.2, -0.15) is 0 Å². The number of carbonyl (C=O) groups is 1. The predicted octanol–water partition coefficient (Wildman–Crippen LogP) is -0.835. The second-order valence-electron chi connectivity index (χ2n) is 2.98. The van der Waals surface area contributed by atoms with E-state index < -0.39 is 28.3 Å². The Kier molecular flexibility index (Phi) is 1.82. The molecule has 13 heavy (non-hydrogen) atoms. The van der Waals surface area contributed by atoms with Crippen molar-refractivity contribution in [3.8, 4) is 0 Å². The van der Waals surface area contributed by atoms with E-state index in [9.17, 15) is 15.0 Å². The van der Waals surface area contributed by atoms with Gasteiger partial charge < -0.3 is 19.7 Å². The van der Waals surface area contributed by atoms with Gasteiger partial charge in [0.1, 0.15) is 6.10 Å². The average molecular weight is 229 g/mol. The summed E-state index contributed by atoms with van der Waals surface area (Å²) in [5, 5.41) is 18.9. The molecule has 0 unspecified atom stereocenters. The van der Waals surface area contributed by atoms with Crippen molar-refractivity contribution in [2.24, 2.45) is 0 Å². The number of hydrogen-bond acceptors (Lipinski definition) is 5. The van der Waals surface area contributed by atoms with Gasteiger partial charge in [-0.15, -0.1) is 0 Å². The largest absolute Gasteiger partial charge is 0.451 e. The molecule has 0 aromatic heterocycles. The Morgan fingerprint density at radius 1 is 1.54 bits per heavy atom. The van der Waals surface area contributed by atoms with Crippen LogP contribution in [0.1, 0.15) is 0 Å². The van der Waals surface area contributed by atoms with E-state index in [0.29, 0.717) is 0 Å². The van der Waals surface area contributed by atoms with E-state index in [4.69, 9.17) is 27.9 Å². The first-order valence-electron chi connectivity index (χ1n) is 3.53. The van der Waals surface area contributed by atoms with Crippen molar-refractivity contribution in [1.82, 2.24) is 0 Å². The van der Waals surface area contributed by atoms with Crippen molar-refractivity contribution < 1.29 is 24.5 Å². The molecule has 0 aromatic rings. The van der Waals surface area contributed by atoms with Crippen LogP contribution in [-0.2, 0) is 14.3 Å². The van der Waals surface area contributed by atoms with Crippen molar-refractivity contribution in [2.75, 3.05) is 6.61 Å². The number of alkyl halides is 2. The molecular weight excluding hydrogens is 223 g/mol. The van der Waals surface area contributed by atoms with Crippen LogP contribution in [-0.4, -0.2) is 45.1 Å². The molecule has 3 atom stereocenters. The molecule has 0 amide bonds. The maximum atomic E-state index is 11.0. The maximum absolute atomic E-state index is 11.0. The molecule has 7 heteroatoms. The summed E-state index contributed by atoms with van der Waals surface area (Å²) in [4.78, 5) is 11.0. The van der Waals surface area contributed by atoms with E-state index >= 15 is 0 Å². The Hall–Kier alpha value is -0.0700. The van der Waals surface area contributed by atoms with E-state index in [-0.39, 0.29) is 6.61 Å². The molecule has 0 radical (unpaired) electrons. The van der Waals surface area contributed by atoms with Crippen LogP contribution in [0.5, 0.6) is 0 Å². The van der Waals surface area contributed by atoms with Gasteiger partial charge in [-0.05, 0) is 0 Å². The molecule has 2 saturated heterocycles. The minimum absolute atomic E-state index is 0.171. The number of carbonyl (C=O) groups excluding carboxylic acids is 1. The Bertz CT molecular complexity index is 268. The van der Waals surface area contributed by atoms with Crippen LogP contribution < -0.4 is 0 Å². The Morgan fingerprint density at radius 2 is 2.15 bits per heavy atom. The number of fused-ring (bicyclic) bond motifs is 1. The number of halogens is 2. The van der Waals surface area contributed by atoms with Gasteiger partial charge in [0.2, 0.25) is 0 Å². The fourth-order valence-electron chi connectivity index (χ4n) is 1.41. The van der Waals surface area contributed by atoms with Crippen molar-refractivity contribution in [3.05, 3.63) is 0 Å². The lowest BCUT2D eigenvalue weighted by Crippen LogP contribution is -2.50. The molecule has 0 spiro atoms. The number of aliphatic hydroxyl groups is 2. The van der Waals surface area contributed by atoms with Gasteiger partial charge >= 0.3 is 5.97 Å². The highest BCUT2D eigenvalue weighted by atomic mass is 35.5. The molecule has 0 aromatic carbocycles. The Balaban J connectivity index is 2.41. The summed E-state index contributed by atoms with van der Waals surface area (Å²) in [5.41, 5.74) is 0. The van der Waals surface area contributed by atoms with Gasteiger partial charge in [-0.3, -0.25) is 0 Å². The Morgan fingerprint density at radius 3 is 2.69 bits per heavy atom.